The van der Waals surface area contributed by atoms with Gasteiger partial charge in [-0.25, -0.2) is 0 Å². The van der Waals surface area contributed by atoms with Gasteiger partial charge in [0.1, 0.15) is 6.04 Å². The molecule has 2 N–H and O–H groups in total. The fourth-order valence-corrected chi connectivity index (χ4v) is 1.38. The Hall–Kier alpha value is -0.610. The molecule has 2 unspecified atom stereocenters. The molecule has 90 valence electrons. The van der Waals surface area contributed by atoms with Crippen molar-refractivity contribution in [2.75, 3.05) is 13.2 Å². The van der Waals surface area contributed by atoms with Crippen molar-refractivity contribution in [3.63, 3.8) is 0 Å². The van der Waals surface area contributed by atoms with E-state index in [1.807, 2.05) is 13.8 Å². The maximum absolute atomic E-state index is 11.5. The summed E-state index contributed by atoms with van der Waals surface area (Å²) in [7, 11) is 0. The molecule has 0 aromatic heterocycles. The van der Waals surface area contributed by atoms with Crippen molar-refractivity contribution in [2.24, 2.45) is 0 Å². The molecule has 0 heterocycles. The van der Waals surface area contributed by atoms with E-state index in [0.717, 1.165) is 19.3 Å². The molecular weight excluding hydrogens is 194 g/mol. The molecule has 0 amide bonds. The highest BCUT2D eigenvalue weighted by atomic mass is 16.5. The summed E-state index contributed by atoms with van der Waals surface area (Å²) in [4.78, 5) is 11.5. The van der Waals surface area contributed by atoms with Crippen molar-refractivity contribution < 1.29 is 14.6 Å². The van der Waals surface area contributed by atoms with Crippen molar-refractivity contribution in [1.29, 1.82) is 0 Å². The van der Waals surface area contributed by atoms with E-state index in [4.69, 9.17) is 9.84 Å². The largest absolute Gasteiger partial charge is 0.465 e. The van der Waals surface area contributed by atoms with E-state index in [9.17, 15) is 4.79 Å². The second-order valence-corrected chi connectivity index (χ2v) is 3.55. The Morgan fingerprint density at radius 3 is 2.47 bits per heavy atom. The number of aliphatic hydroxyl groups excluding tert-OH is 1. The monoisotopic (exact) mass is 217 g/mol. The van der Waals surface area contributed by atoms with Gasteiger partial charge in [0.15, 0.2) is 0 Å². The van der Waals surface area contributed by atoms with E-state index in [1.165, 1.54) is 0 Å². The number of ether oxygens (including phenoxy) is 1. The molecule has 0 spiro atoms. The van der Waals surface area contributed by atoms with E-state index >= 15 is 0 Å². The second kappa shape index (κ2) is 8.68. The minimum atomic E-state index is -0.285. The molecular formula is C11H23NO3. The highest BCUT2D eigenvalue weighted by molar-refractivity contribution is 5.75. The zero-order valence-electron chi connectivity index (χ0n) is 9.95. The molecule has 0 aromatic carbocycles. The van der Waals surface area contributed by atoms with E-state index in [1.54, 1.807) is 6.92 Å². The molecule has 0 bridgehead atoms. The maximum atomic E-state index is 11.5. The molecule has 0 aliphatic rings. The maximum Gasteiger partial charge on any atom is 0.323 e. The first-order valence-corrected chi connectivity index (χ1v) is 5.73. The van der Waals surface area contributed by atoms with Gasteiger partial charge >= 0.3 is 5.97 Å². The molecule has 4 nitrogen and oxygen atoms in total. The lowest BCUT2D eigenvalue weighted by molar-refractivity contribution is -0.146. The zero-order valence-corrected chi connectivity index (χ0v) is 9.95. The summed E-state index contributed by atoms with van der Waals surface area (Å²) < 4.78 is 4.96. The van der Waals surface area contributed by atoms with Crippen molar-refractivity contribution in [3.8, 4) is 0 Å². The van der Waals surface area contributed by atoms with Gasteiger partial charge in [-0.3, -0.25) is 10.1 Å². The SMILES string of the molecule is CCCC(NC(CC)CO)C(=O)OCC. The number of aliphatic hydroxyl groups is 1. The van der Waals surface area contributed by atoms with E-state index < -0.39 is 0 Å². The van der Waals surface area contributed by atoms with Crippen LogP contribution < -0.4 is 5.32 Å². The summed E-state index contributed by atoms with van der Waals surface area (Å²) in [6.45, 7) is 6.24. The highest BCUT2D eigenvalue weighted by Crippen LogP contribution is 2.02. The third kappa shape index (κ3) is 5.74. The molecule has 0 radical (unpaired) electrons. The molecule has 4 heteroatoms. The van der Waals surface area contributed by atoms with Crippen molar-refractivity contribution in [2.45, 2.75) is 52.1 Å². The Bertz CT molecular complexity index is 169. The fraction of sp³-hybridized carbons (Fsp3) is 0.909. The van der Waals surface area contributed by atoms with Crippen LogP contribution >= 0.6 is 0 Å². The average molecular weight is 217 g/mol. The third-order valence-electron chi connectivity index (χ3n) is 2.30. The topological polar surface area (TPSA) is 58.6 Å². The predicted molar refractivity (Wildman–Crippen MR) is 59.6 cm³/mol. The molecule has 15 heavy (non-hydrogen) atoms. The van der Waals surface area contributed by atoms with Gasteiger partial charge < -0.3 is 9.84 Å². The average Bonchev–Trinajstić information content (AvgIpc) is 2.24. The van der Waals surface area contributed by atoms with Gasteiger partial charge in [-0.2, -0.15) is 0 Å². The molecule has 0 aliphatic carbocycles. The van der Waals surface area contributed by atoms with E-state index in [-0.39, 0.29) is 24.7 Å². The van der Waals surface area contributed by atoms with Gasteiger partial charge in [-0.15, -0.1) is 0 Å². The van der Waals surface area contributed by atoms with Crippen LogP contribution in [-0.4, -0.2) is 36.4 Å². The molecule has 0 saturated carbocycles. The quantitative estimate of drug-likeness (QED) is 0.597. The summed E-state index contributed by atoms with van der Waals surface area (Å²) in [5.74, 6) is -0.216. The van der Waals surface area contributed by atoms with Crippen molar-refractivity contribution in [1.82, 2.24) is 5.32 Å². The van der Waals surface area contributed by atoms with Gasteiger partial charge in [0.05, 0.1) is 13.2 Å². The number of hydrogen-bond donors (Lipinski definition) is 2. The number of carbonyl (C=O) groups excluding carboxylic acids is 1. The molecule has 0 fully saturated rings. The lowest BCUT2D eigenvalue weighted by Crippen LogP contribution is -2.45. The zero-order chi connectivity index (χ0) is 11.7. The van der Waals surface area contributed by atoms with Crippen LogP contribution in [0.1, 0.15) is 40.0 Å². The molecule has 0 rings (SSSR count). The number of hydrogen-bond acceptors (Lipinski definition) is 4. The van der Waals surface area contributed by atoms with Crippen LogP contribution in [0.4, 0.5) is 0 Å². The van der Waals surface area contributed by atoms with Gasteiger partial charge in [0, 0.05) is 6.04 Å². The first kappa shape index (κ1) is 14.4. The number of nitrogens with one attached hydrogen (secondary N) is 1. The summed E-state index contributed by atoms with van der Waals surface area (Å²) in [5, 5.41) is 12.2. The lowest BCUT2D eigenvalue weighted by Gasteiger charge is -2.21. The predicted octanol–water partition coefficient (Wildman–Crippen LogP) is 1.08. The molecule has 2 atom stereocenters. The van der Waals surface area contributed by atoms with Crippen molar-refractivity contribution in [3.05, 3.63) is 0 Å². The minimum absolute atomic E-state index is 0.0223. The summed E-state index contributed by atoms with van der Waals surface area (Å²) in [5.41, 5.74) is 0. The number of esters is 1. The van der Waals surface area contributed by atoms with Gasteiger partial charge in [0.25, 0.3) is 0 Å². The summed E-state index contributed by atoms with van der Waals surface area (Å²) in [6, 6.07) is -0.307. The van der Waals surface area contributed by atoms with Crippen LogP contribution in [0, 0.1) is 0 Å². The van der Waals surface area contributed by atoms with Gasteiger partial charge in [-0.05, 0) is 19.8 Å². The first-order valence-electron chi connectivity index (χ1n) is 5.73. The first-order chi connectivity index (χ1) is 7.19. The summed E-state index contributed by atoms with van der Waals surface area (Å²) >= 11 is 0. The smallest absolute Gasteiger partial charge is 0.323 e. The standard InChI is InChI=1S/C11H23NO3/c1-4-7-10(11(14)15-6-3)12-9(5-2)8-13/h9-10,12-13H,4-8H2,1-3H3. The Morgan fingerprint density at radius 1 is 1.40 bits per heavy atom. The van der Waals surface area contributed by atoms with E-state index in [2.05, 4.69) is 5.32 Å². The number of rotatable bonds is 8. The highest BCUT2D eigenvalue weighted by Gasteiger charge is 2.21. The number of carbonyl (C=O) groups is 1. The van der Waals surface area contributed by atoms with Crippen LogP contribution in [0.5, 0.6) is 0 Å². The third-order valence-corrected chi connectivity index (χ3v) is 2.30. The molecule has 0 aliphatic heterocycles. The Kier molecular flexibility index (Phi) is 8.33. The van der Waals surface area contributed by atoms with Crippen LogP contribution in [0.3, 0.4) is 0 Å². The van der Waals surface area contributed by atoms with Crippen LogP contribution in [0.15, 0.2) is 0 Å². The van der Waals surface area contributed by atoms with E-state index in [0.29, 0.717) is 6.61 Å². The van der Waals surface area contributed by atoms with Gasteiger partial charge in [-0.1, -0.05) is 20.3 Å². The molecule has 0 saturated heterocycles. The van der Waals surface area contributed by atoms with Crippen LogP contribution in [-0.2, 0) is 9.53 Å². The van der Waals surface area contributed by atoms with Crippen LogP contribution in [0.25, 0.3) is 0 Å². The Labute approximate surface area is 92.0 Å². The Balaban J connectivity index is 4.18. The second-order valence-electron chi connectivity index (χ2n) is 3.55. The Morgan fingerprint density at radius 2 is 2.07 bits per heavy atom. The van der Waals surface area contributed by atoms with Gasteiger partial charge in [0.2, 0.25) is 0 Å². The normalized spacial score (nSPS) is 14.7. The van der Waals surface area contributed by atoms with Crippen molar-refractivity contribution >= 4 is 5.97 Å². The molecule has 0 aromatic rings. The fourth-order valence-electron chi connectivity index (χ4n) is 1.38. The van der Waals surface area contributed by atoms with Crippen LogP contribution in [0.2, 0.25) is 0 Å². The summed E-state index contributed by atoms with van der Waals surface area (Å²) in [6.07, 6.45) is 2.46. The lowest BCUT2D eigenvalue weighted by atomic mass is 10.1. The minimum Gasteiger partial charge on any atom is -0.465 e.